The third-order valence-electron chi connectivity index (χ3n) is 5.99. The summed E-state index contributed by atoms with van der Waals surface area (Å²) in [6.07, 6.45) is 15.0. The average Bonchev–Trinajstić information content (AvgIpc) is 3.08. The van der Waals surface area contributed by atoms with E-state index in [2.05, 4.69) is 12.2 Å². The largest absolute Gasteiger partial charge is 0.314 e. The molecule has 1 N–H and O–H groups in total. The highest BCUT2D eigenvalue weighted by Gasteiger charge is 2.36. The van der Waals surface area contributed by atoms with Gasteiger partial charge in [-0.25, -0.2) is 0 Å². The second kappa shape index (κ2) is 5.94. The van der Waals surface area contributed by atoms with Crippen molar-refractivity contribution in [2.75, 3.05) is 6.54 Å². The highest BCUT2D eigenvalue weighted by Crippen LogP contribution is 2.45. The highest BCUT2D eigenvalue weighted by atomic mass is 14.9. The first kappa shape index (κ1) is 13.0. The predicted octanol–water partition coefficient (Wildman–Crippen LogP) is 4.37. The fourth-order valence-corrected chi connectivity index (χ4v) is 4.55. The van der Waals surface area contributed by atoms with Crippen LogP contribution in [0.4, 0.5) is 0 Å². The van der Waals surface area contributed by atoms with E-state index in [0.717, 1.165) is 29.7 Å². The van der Waals surface area contributed by atoms with Gasteiger partial charge in [0, 0.05) is 6.04 Å². The number of nitrogens with one attached hydrogen (secondary N) is 1. The van der Waals surface area contributed by atoms with Crippen molar-refractivity contribution in [3.63, 3.8) is 0 Å². The zero-order valence-corrected chi connectivity index (χ0v) is 12.2. The van der Waals surface area contributed by atoms with Gasteiger partial charge in [-0.15, -0.1) is 0 Å². The Morgan fingerprint density at radius 2 is 1.72 bits per heavy atom. The Labute approximate surface area is 113 Å². The van der Waals surface area contributed by atoms with Crippen LogP contribution in [-0.4, -0.2) is 12.6 Å². The summed E-state index contributed by atoms with van der Waals surface area (Å²) in [6, 6.07) is 0.901. The van der Waals surface area contributed by atoms with Gasteiger partial charge in [-0.3, -0.25) is 0 Å². The van der Waals surface area contributed by atoms with Gasteiger partial charge < -0.3 is 5.32 Å². The standard InChI is InChI=1S/C17H31N/c1-2-13-7-8-15(12-18-16-9-10-16)17(11-13)14-5-3-4-6-14/h13-18H,2-12H2,1H3. The van der Waals surface area contributed by atoms with Crippen molar-refractivity contribution < 1.29 is 0 Å². The smallest absolute Gasteiger partial charge is 0.00683 e. The first-order valence-corrected chi connectivity index (χ1v) is 8.60. The van der Waals surface area contributed by atoms with Gasteiger partial charge in [-0.1, -0.05) is 45.4 Å². The van der Waals surface area contributed by atoms with Crippen LogP contribution in [0.3, 0.4) is 0 Å². The molecule has 3 aliphatic carbocycles. The first-order valence-electron chi connectivity index (χ1n) is 8.60. The Balaban J connectivity index is 1.57. The molecule has 104 valence electrons. The van der Waals surface area contributed by atoms with Gasteiger partial charge in [0.2, 0.25) is 0 Å². The molecule has 0 heterocycles. The summed E-state index contributed by atoms with van der Waals surface area (Å²) in [6.45, 7) is 3.74. The molecule has 0 bridgehead atoms. The van der Waals surface area contributed by atoms with E-state index in [1.807, 2.05) is 0 Å². The van der Waals surface area contributed by atoms with Crippen LogP contribution >= 0.6 is 0 Å². The van der Waals surface area contributed by atoms with Crippen molar-refractivity contribution in [1.82, 2.24) is 5.32 Å². The molecule has 1 nitrogen and oxygen atoms in total. The van der Waals surface area contributed by atoms with E-state index in [-0.39, 0.29) is 0 Å². The van der Waals surface area contributed by atoms with E-state index in [0.29, 0.717) is 0 Å². The molecule has 0 aromatic carbocycles. The molecular formula is C17H31N. The van der Waals surface area contributed by atoms with Crippen LogP contribution in [0.2, 0.25) is 0 Å². The Bertz CT molecular complexity index is 252. The van der Waals surface area contributed by atoms with Gasteiger partial charge in [-0.2, -0.15) is 0 Å². The molecule has 1 heteroatoms. The summed E-state index contributed by atoms with van der Waals surface area (Å²) in [7, 11) is 0. The lowest BCUT2D eigenvalue weighted by atomic mass is 9.67. The maximum Gasteiger partial charge on any atom is 0.00683 e. The van der Waals surface area contributed by atoms with Crippen molar-refractivity contribution in [3.05, 3.63) is 0 Å². The molecule has 0 aromatic heterocycles. The van der Waals surface area contributed by atoms with Crippen LogP contribution in [0.5, 0.6) is 0 Å². The summed E-state index contributed by atoms with van der Waals surface area (Å²) >= 11 is 0. The minimum Gasteiger partial charge on any atom is -0.314 e. The molecular weight excluding hydrogens is 218 g/mol. The maximum absolute atomic E-state index is 3.81. The lowest BCUT2D eigenvalue weighted by Crippen LogP contribution is -2.37. The lowest BCUT2D eigenvalue weighted by Gasteiger charge is -2.39. The zero-order chi connectivity index (χ0) is 12.4. The summed E-state index contributed by atoms with van der Waals surface area (Å²) in [5.41, 5.74) is 0. The SMILES string of the molecule is CCC1CCC(CNC2CC2)C(C2CCCC2)C1. The number of hydrogen-bond donors (Lipinski definition) is 1. The molecule has 0 spiro atoms. The molecule has 18 heavy (non-hydrogen) atoms. The van der Waals surface area contributed by atoms with Crippen molar-refractivity contribution in [1.29, 1.82) is 0 Å². The molecule has 3 atom stereocenters. The maximum atomic E-state index is 3.81. The fraction of sp³-hybridized carbons (Fsp3) is 1.00. The molecule has 0 saturated heterocycles. The first-order chi connectivity index (χ1) is 8.86. The topological polar surface area (TPSA) is 12.0 Å². The second-order valence-electron chi connectivity index (χ2n) is 7.24. The van der Waals surface area contributed by atoms with Gasteiger partial charge >= 0.3 is 0 Å². The molecule has 3 aliphatic rings. The van der Waals surface area contributed by atoms with Crippen LogP contribution in [0.25, 0.3) is 0 Å². The molecule has 0 aliphatic heterocycles. The Kier molecular flexibility index (Phi) is 4.28. The number of rotatable bonds is 5. The van der Waals surface area contributed by atoms with Crippen molar-refractivity contribution >= 4 is 0 Å². The van der Waals surface area contributed by atoms with Crippen LogP contribution < -0.4 is 5.32 Å². The summed E-state index contributed by atoms with van der Waals surface area (Å²) in [4.78, 5) is 0. The van der Waals surface area contributed by atoms with Crippen molar-refractivity contribution in [3.8, 4) is 0 Å². The zero-order valence-electron chi connectivity index (χ0n) is 12.2. The van der Waals surface area contributed by atoms with Gasteiger partial charge in [0.15, 0.2) is 0 Å². The molecule has 0 aromatic rings. The third kappa shape index (κ3) is 3.10. The third-order valence-corrected chi connectivity index (χ3v) is 5.99. The van der Waals surface area contributed by atoms with E-state index in [9.17, 15) is 0 Å². The van der Waals surface area contributed by atoms with Gasteiger partial charge in [0.25, 0.3) is 0 Å². The summed E-state index contributed by atoms with van der Waals surface area (Å²) in [5.74, 6) is 4.21. The van der Waals surface area contributed by atoms with E-state index < -0.39 is 0 Å². The second-order valence-corrected chi connectivity index (χ2v) is 7.24. The van der Waals surface area contributed by atoms with Crippen molar-refractivity contribution in [2.24, 2.45) is 23.7 Å². The minimum absolute atomic E-state index is 0.901. The molecule has 3 unspecified atom stereocenters. The summed E-state index contributed by atoms with van der Waals surface area (Å²) < 4.78 is 0. The van der Waals surface area contributed by atoms with E-state index in [1.165, 1.54) is 51.5 Å². The monoisotopic (exact) mass is 249 g/mol. The lowest BCUT2D eigenvalue weighted by molar-refractivity contribution is 0.117. The molecule has 3 fully saturated rings. The van der Waals surface area contributed by atoms with Crippen LogP contribution in [0.15, 0.2) is 0 Å². The Morgan fingerprint density at radius 3 is 2.39 bits per heavy atom. The quantitative estimate of drug-likeness (QED) is 0.763. The van der Waals surface area contributed by atoms with E-state index >= 15 is 0 Å². The molecule has 0 amide bonds. The van der Waals surface area contributed by atoms with Gasteiger partial charge in [0.05, 0.1) is 0 Å². The highest BCUT2D eigenvalue weighted by molar-refractivity contribution is 4.89. The van der Waals surface area contributed by atoms with Gasteiger partial charge in [-0.05, 0) is 55.9 Å². The average molecular weight is 249 g/mol. The van der Waals surface area contributed by atoms with E-state index in [1.54, 1.807) is 19.3 Å². The molecule has 3 saturated carbocycles. The van der Waals surface area contributed by atoms with E-state index in [4.69, 9.17) is 0 Å². The molecule has 3 rings (SSSR count). The summed E-state index contributed by atoms with van der Waals surface area (Å²) in [5, 5.41) is 3.81. The molecule has 0 radical (unpaired) electrons. The van der Waals surface area contributed by atoms with Crippen LogP contribution in [-0.2, 0) is 0 Å². The van der Waals surface area contributed by atoms with Crippen LogP contribution in [0.1, 0.15) is 71.1 Å². The van der Waals surface area contributed by atoms with Crippen molar-refractivity contribution in [2.45, 2.75) is 77.2 Å². The normalized spacial score (nSPS) is 38.2. The Hall–Kier alpha value is -0.0400. The predicted molar refractivity (Wildman–Crippen MR) is 77.6 cm³/mol. The fourth-order valence-electron chi connectivity index (χ4n) is 4.55. The Morgan fingerprint density at radius 1 is 0.944 bits per heavy atom. The van der Waals surface area contributed by atoms with Crippen LogP contribution in [0, 0.1) is 23.7 Å². The number of hydrogen-bond acceptors (Lipinski definition) is 1. The van der Waals surface area contributed by atoms with Gasteiger partial charge in [0.1, 0.15) is 0 Å². The minimum atomic E-state index is 0.901.